The highest BCUT2D eigenvalue weighted by Gasteiger charge is 2.15. The lowest BCUT2D eigenvalue weighted by Crippen LogP contribution is -2.09. The first-order valence-corrected chi connectivity index (χ1v) is 5.82. The van der Waals surface area contributed by atoms with E-state index in [9.17, 15) is 4.79 Å². The molecule has 1 aromatic carbocycles. The van der Waals surface area contributed by atoms with Crippen LogP contribution in [-0.4, -0.2) is 12.4 Å². The van der Waals surface area contributed by atoms with Gasteiger partial charge < -0.3 is 4.74 Å². The highest BCUT2D eigenvalue weighted by molar-refractivity contribution is 9.10. The largest absolute Gasteiger partial charge is 0.493 e. The molecule has 2 nitrogen and oxygen atoms in total. The van der Waals surface area contributed by atoms with Crippen molar-refractivity contribution in [3.63, 3.8) is 0 Å². The quantitative estimate of drug-likeness (QED) is 0.781. The first-order chi connectivity index (χ1) is 7.06. The number of carbonyl (C=O) groups excluding carboxylic acids is 1. The fraction of sp³-hybridized carbons (Fsp3) is 0.417. The molecule has 0 bridgehead atoms. The molecule has 1 aromatic rings. The van der Waals surface area contributed by atoms with Crippen molar-refractivity contribution in [1.29, 1.82) is 0 Å². The molecular formula is C12H15BrO2. The summed E-state index contributed by atoms with van der Waals surface area (Å²) in [5, 5.41) is 0. The molecule has 15 heavy (non-hydrogen) atoms. The van der Waals surface area contributed by atoms with Crippen molar-refractivity contribution < 1.29 is 9.53 Å². The van der Waals surface area contributed by atoms with E-state index >= 15 is 0 Å². The van der Waals surface area contributed by atoms with Crippen molar-refractivity contribution in [3.8, 4) is 5.75 Å². The molecule has 0 aromatic heterocycles. The minimum atomic E-state index is -0.00891. The van der Waals surface area contributed by atoms with E-state index in [1.165, 1.54) is 0 Å². The topological polar surface area (TPSA) is 26.3 Å². The number of rotatable bonds is 4. The number of Topliss-reactive ketones (excluding diaryl/α,β-unsaturated/α-hetero) is 1. The zero-order valence-electron chi connectivity index (χ0n) is 9.21. The van der Waals surface area contributed by atoms with Crippen LogP contribution in [0.15, 0.2) is 22.7 Å². The van der Waals surface area contributed by atoms with Crippen LogP contribution in [0, 0.1) is 5.92 Å². The van der Waals surface area contributed by atoms with Crippen LogP contribution in [-0.2, 0) is 0 Å². The minimum absolute atomic E-state index is 0.00891. The minimum Gasteiger partial charge on any atom is -0.493 e. The fourth-order valence-corrected chi connectivity index (χ4v) is 1.63. The Morgan fingerprint density at radius 2 is 2.13 bits per heavy atom. The van der Waals surface area contributed by atoms with Gasteiger partial charge in [-0.15, -0.1) is 0 Å². The maximum absolute atomic E-state index is 11.9. The number of halogens is 1. The first-order valence-electron chi connectivity index (χ1n) is 5.02. The molecule has 0 saturated carbocycles. The molecular weight excluding hydrogens is 256 g/mol. The molecule has 0 radical (unpaired) electrons. The standard InChI is InChI=1S/C12H15BrO2/c1-4-15-11-7-9(13)5-6-10(11)12(14)8(2)3/h5-8H,4H2,1-3H3. The molecule has 82 valence electrons. The highest BCUT2D eigenvalue weighted by Crippen LogP contribution is 2.26. The second kappa shape index (κ2) is 5.31. The second-order valence-corrected chi connectivity index (χ2v) is 4.51. The number of ketones is 1. The Hall–Kier alpha value is -0.830. The van der Waals surface area contributed by atoms with E-state index in [1.54, 1.807) is 6.07 Å². The van der Waals surface area contributed by atoms with Crippen LogP contribution in [0.2, 0.25) is 0 Å². The summed E-state index contributed by atoms with van der Waals surface area (Å²) < 4.78 is 6.36. The molecule has 0 aliphatic heterocycles. The average Bonchev–Trinajstić information content (AvgIpc) is 2.17. The van der Waals surface area contributed by atoms with Crippen molar-refractivity contribution in [3.05, 3.63) is 28.2 Å². The van der Waals surface area contributed by atoms with E-state index < -0.39 is 0 Å². The Kier molecular flexibility index (Phi) is 4.33. The summed E-state index contributed by atoms with van der Waals surface area (Å²) in [7, 11) is 0. The molecule has 0 unspecified atom stereocenters. The van der Waals surface area contributed by atoms with Gasteiger partial charge in [-0.25, -0.2) is 0 Å². The van der Waals surface area contributed by atoms with Crippen molar-refractivity contribution in [1.82, 2.24) is 0 Å². The van der Waals surface area contributed by atoms with E-state index in [2.05, 4.69) is 15.9 Å². The Labute approximate surface area is 98.8 Å². The van der Waals surface area contributed by atoms with E-state index in [-0.39, 0.29) is 11.7 Å². The number of carbonyl (C=O) groups is 1. The lowest BCUT2D eigenvalue weighted by atomic mass is 10.0. The van der Waals surface area contributed by atoms with Gasteiger partial charge in [0, 0.05) is 10.4 Å². The predicted molar refractivity (Wildman–Crippen MR) is 64.5 cm³/mol. The molecule has 0 aliphatic rings. The summed E-state index contributed by atoms with van der Waals surface area (Å²) in [6.07, 6.45) is 0. The van der Waals surface area contributed by atoms with Gasteiger partial charge >= 0.3 is 0 Å². The molecule has 0 amide bonds. The van der Waals surface area contributed by atoms with Gasteiger partial charge in [0.25, 0.3) is 0 Å². The van der Waals surface area contributed by atoms with Crippen LogP contribution in [0.1, 0.15) is 31.1 Å². The van der Waals surface area contributed by atoms with E-state index in [0.717, 1.165) is 4.47 Å². The van der Waals surface area contributed by atoms with Gasteiger partial charge in [0.1, 0.15) is 5.75 Å². The van der Waals surface area contributed by atoms with Crippen LogP contribution in [0.25, 0.3) is 0 Å². The molecule has 0 aliphatic carbocycles. The van der Waals surface area contributed by atoms with Gasteiger partial charge in [-0.05, 0) is 25.1 Å². The van der Waals surface area contributed by atoms with Gasteiger partial charge in [-0.2, -0.15) is 0 Å². The number of hydrogen-bond donors (Lipinski definition) is 0. The van der Waals surface area contributed by atoms with Gasteiger partial charge in [0.2, 0.25) is 0 Å². The normalized spacial score (nSPS) is 10.5. The van der Waals surface area contributed by atoms with E-state index in [1.807, 2.05) is 32.9 Å². The van der Waals surface area contributed by atoms with Crippen LogP contribution in [0.5, 0.6) is 5.75 Å². The van der Waals surface area contributed by atoms with Gasteiger partial charge in [-0.1, -0.05) is 29.8 Å². The lowest BCUT2D eigenvalue weighted by molar-refractivity contribution is 0.0935. The Balaban J connectivity index is 3.10. The summed E-state index contributed by atoms with van der Waals surface area (Å²) in [6, 6.07) is 5.49. The number of benzene rings is 1. The number of hydrogen-bond acceptors (Lipinski definition) is 2. The molecule has 0 saturated heterocycles. The summed E-state index contributed by atoms with van der Waals surface area (Å²) in [6.45, 7) is 6.25. The second-order valence-electron chi connectivity index (χ2n) is 3.59. The first kappa shape index (κ1) is 12.2. The monoisotopic (exact) mass is 270 g/mol. The predicted octanol–water partition coefficient (Wildman–Crippen LogP) is 3.69. The van der Waals surface area contributed by atoms with Gasteiger partial charge in [0.05, 0.1) is 12.2 Å². The summed E-state index contributed by atoms with van der Waals surface area (Å²) in [5.41, 5.74) is 0.662. The highest BCUT2D eigenvalue weighted by atomic mass is 79.9. The van der Waals surface area contributed by atoms with E-state index in [0.29, 0.717) is 17.9 Å². The van der Waals surface area contributed by atoms with Gasteiger partial charge in [0.15, 0.2) is 5.78 Å². The fourth-order valence-electron chi connectivity index (χ4n) is 1.29. The molecule has 0 fully saturated rings. The van der Waals surface area contributed by atoms with Crippen LogP contribution in [0.4, 0.5) is 0 Å². The molecule has 0 spiro atoms. The Bertz CT molecular complexity index is 359. The lowest BCUT2D eigenvalue weighted by Gasteiger charge is -2.11. The van der Waals surface area contributed by atoms with E-state index in [4.69, 9.17) is 4.74 Å². The zero-order valence-corrected chi connectivity index (χ0v) is 10.8. The van der Waals surface area contributed by atoms with Crippen molar-refractivity contribution in [2.45, 2.75) is 20.8 Å². The van der Waals surface area contributed by atoms with Crippen molar-refractivity contribution >= 4 is 21.7 Å². The maximum Gasteiger partial charge on any atom is 0.169 e. The maximum atomic E-state index is 11.9. The summed E-state index contributed by atoms with van der Waals surface area (Å²) in [4.78, 5) is 11.9. The third-order valence-corrected chi connectivity index (χ3v) is 2.53. The van der Waals surface area contributed by atoms with Crippen LogP contribution in [0.3, 0.4) is 0 Å². The third-order valence-electron chi connectivity index (χ3n) is 2.03. The Morgan fingerprint density at radius 1 is 1.47 bits per heavy atom. The number of ether oxygens (including phenoxy) is 1. The van der Waals surface area contributed by atoms with Gasteiger partial charge in [-0.3, -0.25) is 4.79 Å². The van der Waals surface area contributed by atoms with Crippen LogP contribution < -0.4 is 4.74 Å². The molecule has 0 atom stereocenters. The molecule has 3 heteroatoms. The summed E-state index contributed by atoms with van der Waals surface area (Å²) >= 11 is 3.36. The smallest absolute Gasteiger partial charge is 0.169 e. The Morgan fingerprint density at radius 3 is 2.67 bits per heavy atom. The average molecular weight is 271 g/mol. The van der Waals surface area contributed by atoms with Crippen LogP contribution >= 0.6 is 15.9 Å². The molecule has 0 heterocycles. The SMILES string of the molecule is CCOc1cc(Br)ccc1C(=O)C(C)C. The zero-order chi connectivity index (χ0) is 11.4. The third kappa shape index (κ3) is 3.06. The molecule has 0 N–H and O–H groups in total. The van der Waals surface area contributed by atoms with Crippen molar-refractivity contribution in [2.75, 3.05) is 6.61 Å². The summed E-state index contributed by atoms with van der Waals surface area (Å²) in [5.74, 6) is 0.766. The van der Waals surface area contributed by atoms with Crippen molar-refractivity contribution in [2.24, 2.45) is 5.92 Å². The molecule has 1 rings (SSSR count).